The van der Waals surface area contributed by atoms with Crippen LogP contribution in [-0.4, -0.2) is 36.3 Å². The van der Waals surface area contributed by atoms with Crippen LogP contribution in [0.5, 0.6) is 0 Å². The number of benzene rings is 2. The molecule has 10 nitrogen and oxygen atoms in total. The van der Waals surface area contributed by atoms with Gasteiger partial charge >= 0.3 is 11.9 Å². The van der Waals surface area contributed by atoms with Gasteiger partial charge in [0.25, 0.3) is 0 Å². The first-order valence-electron chi connectivity index (χ1n) is 11.2. The number of para-hydroxylation sites is 1. The van der Waals surface area contributed by atoms with E-state index in [2.05, 4.69) is 10.2 Å². The summed E-state index contributed by atoms with van der Waals surface area (Å²) in [6.07, 6.45) is -0.274. The Hall–Kier alpha value is -3.81. The standard InChI is InChI=1S/C14H16ClN3O.C10H5Cl2F3N4O2/c1-11-5-3-6-12(2)14(11)18(13(19)9-15)10-17-8-4-7-16-17;11-5-1-4(10(13,14)15)2-6(12)8(5)18-9(16)7(3-17-18)19(20)21/h3-8H,9-10H2,1-2H3;1-3H,16H2. The summed E-state index contributed by atoms with van der Waals surface area (Å²) >= 11 is 17.3. The van der Waals surface area contributed by atoms with Gasteiger partial charge in [-0.05, 0) is 43.2 Å². The van der Waals surface area contributed by atoms with Crippen LogP contribution in [0.4, 0.5) is 30.4 Å². The van der Waals surface area contributed by atoms with Gasteiger partial charge in [-0.3, -0.25) is 24.5 Å². The third-order valence-electron chi connectivity index (χ3n) is 5.51. The van der Waals surface area contributed by atoms with Crippen molar-refractivity contribution in [1.82, 2.24) is 19.6 Å². The molecule has 2 N–H and O–H groups in total. The molecule has 0 atom stereocenters. The summed E-state index contributed by atoms with van der Waals surface area (Å²) in [6.45, 7) is 4.34. The second-order valence-corrected chi connectivity index (χ2v) is 9.33. The number of nitrogen functional groups attached to an aromatic ring is 1. The Balaban J connectivity index is 0.000000222. The Morgan fingerprint density at radius 2 is 1.73 bits per heavy atom. The summed E-state index contributed by atoms with van der Waals surface area (Å²) in [7, 11) is 0. The third kappa shape index (κ3) is 6.84. The SMILES string of the molecule is Cc1cccc(C)c1N(Cn1cccn1)C(=O)CCl.Nc1c([N+](=O)[O-])cnn1-c1c(Cl)cc(C(F)(F)F)cc1Cl. The molecule has 4 rings (SSSR count). The fraction of sp³-hybridized carbons (Fsp3) is 0.208. The summed E-state index contributed by atoms with van der Waals surface area (Å²) in [5.74, 6) is -0.576. The van der Waals surface area contributed by atoms with Gasteiger partial charge in [-0.1, -0.05) is 41.4 Å². The minimum Gasteiger partial charge on any atom is -0.378 e. The molecule has 0 saturated carbocycles. The number of carbonyl (C=O) groups excluding carboxylic acids is 1. The van der Waals surface area contributed by atoms with Gasteiger partial charge in [-0.2, -0.15) is 23.4 Å². The predicted octanol–water partition coefficient (Wildman–Crippen LogP) is 6.42. The van der Waals surface area contributed by atoms with Crippen molar-refractivity contribution in [2.45, 2.75) is 26.7 Å². The van der Waals surface area contributed by atoms with Gasteiger partial charge in [-0.25, -0.2) is 4.68 Å². The number of carbonyl (C=O) groups is 1. The van der Waals surface area contributed by atoms with E-state index in [-0.39, 0.29) is 27.5 Å². The number of nitro groups is 1. The van der Waals surface area contributed by atoms with Crippen LogP contribution >= 0.6 is 34.8 Å². The van der Waals surface area contributed by atoms with Crippen molar-refractivity contribution in [2.75, 3.05) is 16.5 Å². The molecule has 4 aromatic rings. The first-order valence-corrected chi connectivity index (χ1v) is 12.5. The Morgan fingerprint density at radius 3 is 2.17 bits per heavy atom. The lowest BCUT2D eigenvalue weighted by Crippen LogP contribution is -2.35. The van der Waals surface area contributed by atoms with E-state index < -0.39 is 28.2 Å². The van der Waals surface area contributed by atoms with Gasteiger partial charge in [0, 0.05) is 12.4 Å². The number of nitrogens with two attached hydrogens (primary N) is 1. The van der Waals surface area contributed by atoms with Crippen molar-refractivity contribution in [2.24, 2.45) is 0 Å². The van der Waals surface area contributed by atoms with Gasteiger partial charge < -0.3 is 5.73 Å². The lowest BCUT2D eigenvalue weighted by Gasteiger charge is -2.25. The molecule has 2 aromatic heterocycles. The van der Waals surface area contributed by atoms with Gasteiger partial charge in [0.1, 0.15) is 24.4 Å². The number of hydrogen-bond donors (Lipinski definition) is 1. The molecule has 1 amide bonds. The highest BCUT2D eigenvalue weighted by Crippen LogP contribution is 2.39. The molecule has 0 spiro atoms. The van der Waals surface area contributed by atoms with Gasteiger partial charge in [0.15, 0.2) is 0 Å². The number of halogens is 6. The number of aryl methyl sites for hydroxylation is 2. The fourth-order valence-corrected chi connectivity index (χ4v) is 4.50. The van der Waals surface area contributed by atoms with E-state index >= 15 is 0 Å². The molecule has 0 aliphatic carbocycles. The second kappa shape index (κ2) is 12.6. The van der Waals surface area contributed by atoms with Crippen LogP contribution in [-0.2, 0) is 17.6 Å². The first-order chi connectivity index (χ1) is 18.8. The van der Waals surface area contributed by atoms with Gasteiger partial charge in [0.05, 0.1) is 26.2 Å². The fourth-order valence-electron chi connectivity index (χ4n) is 3.71. The zero-order valence-electron chi connectivity index (χ0n) is 20.9. The molecule has 212 valence electrons. The van der Waals surface area contributed by atoms with Crippen LogP contribution in [0.2, 0.25) is 10.0 Å². The molecular weight excluding hydrogens is 598 g/mol. The van der Waals surface area contributed by atoms with Crippen LogP contribution in [0, 0.1) is 24.0 Å². The first kappa shape index (κ1) is 30.7. The summed E-state index contributed by atoms with van der Waals surface area (Å²) < 4.78 is 40.4. The summed E-state index contributed by atoms with van der Waals surface area (Å²) in [6, 6.07) is 9.05. The number of hydrogen-bond acceptors (Lipinski definition) is 6. The van der Waals surface area contributed by atoms with E-state index in [9.17, 15) is 28.1 Å². The molecule has 16 heteroatoms. The molecule has 0 radical (unpaired) electrons. The predicted molar refractivity (Wildman–Crippen MR) is 146 cm³/mol. The Kier molecular flexibility index (Phi) is 9.66. The average Bonchev–Trinajstić information content (AvgIpc) is 3.52. The highest BCUT2D eigenvalue weighted by molar-refractivity contribution is 6.38. The van der Waals surface area contributed by atoms with Crippen molar-refractivity contribution in [3.8, 4) is 5.69 Å². The molecule has 0 aliphatic rings. The maximum Gasteiger partial charge on any atom is 0.416 e. The summed E-state index contributed by atoms with van der Waals surface area (Å²) in [4.78, 5) is 23.7. The molecule has 2 aromatic carbocycles. The van der Waals surface area contributed by atoms with Crippen molar-refractivity contribution < 1.29 is 22.9 Å². The van der Waals surface area contributed by atoms with Crippen molar-refractivity contribution in [3.05, 3.63) is 91.8 Å². The largest absolute Gasteiger partial charge is 0.416 e. The monoisotopic (exact) mass is 617 g/mol. The zero-order valence-corrected chi connectivity index (χ0v) is 23.1. The number of nitrogens with zero attached hydrogens (tertiary/aromatic N) is 6. The molecule has 0 unspecified atom stereocenters. The number of amides is 1. The number of aromatic nitrogens is 4. The minimum absolute atomic E-state index is 0.0466. The van der Waals surface area contributed by atoms with Crippen LogP contribution < -0.4 is 10.6 Å². The molecule has 40 heavy (non-hydrogen) atoms. The molecule has 0 saturated heterocycles. The zero-order chi connectivity index (χ0) is 29.8. The smallest absolute Gasteiger partial charge is 0.378 e. The van der Waals surface area contributed by atoms with E-state index in [0.29, 0.717) is 18.8 Å². The lowest BCUT2D eigenvalue weighted by atomic mass is 10.1. The molecule has 0 bridgehead atoms. The van der Waals surface area contributed by atoms with Crippen LogP contribution in [0.25, 0.3) is 5.69 Å². The van der Waals surface area contributed by atoms with Crippen molar-refractivity contribution in [3.63, 3.8) is 0 Å². The van der Waals surface area contributed by atoms with E-state index in [0.717, 1.165) is 27.7 Å². The quantitative estimate of drug-likeness (QED) is 0.151. The van der Waals surface area contributed by atoms with Crippen LogP contribution in [0.15, 0.2) is 55.0 Å². The summed E-state index contributed by atoms with van der Waals surface area (Å²) in [5.41, 5.74) is 6.78. The third-order valence-corrected chi connectivity index (χ3v) is 6.31. The van der Waals surface area contributed by atoms with Crippen molar-refractivity contribution in [1.29, 1.82) is 0 Å². The average molecular weight is 619 g/mol. The molecular formula is C24H21Cl3F3N7O3. The van der Waals surface area contributed by atoms with Crippen molar-refractivity contribution >= 4 is 57.9 Å². The molecule has 0 aliphatic heterocycles. The Morgan fingerprint density at radius 1 is 1.12 bits per heavy atom. The van der Waals surface area contributed by atoms with E-state index in [4.69, 9.17) is 40.5 Å². The molecule has 0 fully saturated rings. The Bertz CT molecular complexity index is 1480. The van der Waals surface area contributed by atoms with Gasteiger partial charge in [-0.15, -0.1) is 11.6 Å². The maximum absolute atomic E-state index is 12.6. The molecule has 2 heterocycles. The normalized spacial score (nSPS) is 11.1. The van der Waals surface area contributed by atoms with Crippen LogP contribution in [0.3, 0.4) is 0 Å². The lowest BCUT2D eigenvalue weighted by molar-refractivity contribution is -0.383. The van der Waals surface area contributed by atoms with E-state index in [1.165, 1.54) is 0 Å². The summed E-state index contributed by atoms with van der Waals surface area (Å²) in [5, 5.41) is 17.7. The number of alkyl halides is 4. The van der Waals surface area contributed by atoms with Gasteiger partial charge in [0.2, 0.25) is 11.7 Å². The number of anilines is 2. The van der Waals surface area contributed by atoms with E-state index in [1.807, 2.05) is 44.3 Å². The minimum atomic E-state index is -4.63. The topological polar surface area (TPSA) is 125 Å². The van der Waals surface area contributed by atoms with E-state index in [1.54, 1.807) is 15.8 Å². The Labute approximate surface area is 240 Å². The number of rotatable bonds is 6. The second-order valence-electron chi connectivity index (χ2n) is 8.25. The van der Waals surface area contributed by atoms with Crippen LogP contribution in [0.1, 0.15) is 16.7 Å². The highest BCUT2D eigenvalue weighted by atomic mass is 35.5. The highest BCUT2D eigenvalue weighted by Gasteiger charge is 2.33. The maximum atomic E-state index is 12.6.